The molecule has 1 heterocycles. The van der Waals surface area contributed by atoms with Crippen molar-refractivity contribution in [2.75, 3.05) is 14.1 Å². The van der Waals surface area contributed by atoms with Crippen molar-refractivity contribution in [3.8, 4) is 0 Å². The zero-order valence-electron chi connectivity index (χ0n) is 10.2. The van der Waals surface area contributed by atoms with Crippen molar-refractivity contribution in [2.45, 2.75) is 13.8 Å². The molecule has 0 saturated carbocycles. The first-order valence-electron chi connectivity index (χ1n) is 4.53. The monoisotopic (exact) mass is 315 g/mol. The maximum atomic E-state index is 4.45. The molecular formula is C11H15Cl2FeN3. The third-order valence-electron chi connectivity index (χ3n) is 2.16. The van der Waals surface area contributed by atoms with Crippen molar-refractivity contribution >= 4 is 11.4 Å². The molecule has 0 spiro atoms. The van der Waals surface area contributed by atoms with Crippen LogP contribution in [0.3, 0.4) is 0 Å². The molecule has 3 nitrogen and oxygen atoms in total. The first kappa shape index (κ1) is 21.8. The van der Waals surface area contributed by atoms with Crippen LogP contribution in [0.2, 0.25) is 0 Å². The molecule has 96 valence electrons. The van der Waals surface area contributed by atoms with Gasteiger partial charge in [-0.2, -0.15) is 0 Å². The zero-order chi connectivity index (χ0) is 10.6. The zero-order valence-corrected chi connectivity index (χ0v) is 12.8. The summed E-state index contributed by atoms with van der Waals surface area (Å²) in [6.07, 6.45) is 0. The van der Waals surface area contributed by atoms with Gasteiger partial charge in [-0.25, -0.2) is 4.98 Å². The minimum absolute atomic E-state index is 0. The van der Waals surface area contributed by atoms with Gasteiger partial charge in [0, 0.05) is 14.1 Å². The Balaban J connectivity index is -0.000000653. The molecule has 1 rings (SSSR count). The quantitative estimate of drug-likeness (QED) is 0.404. The number of nitrogens with zero attached hydrogens (tertiary/aromatic N) is 3. The maximum Gasteiger partial charge on any atom is 2.00 e. The summed E-state index contributed by atoms with van der Waals surface area (Å²) in [5.74, 6) is 0. The van der Waals surface area contributed by atoms with Crippen LogP contribution in [-0.4, -0.2) is 30.5 Å². The summed E-state index contributed by atoms with van der Waals surface area (Å²) in [6.45, 7) is 3.90. The Bertz CT molecular complexity index is 359. The van der Waals surface area contributed by atoms with E-state index in [0.29, 0.717) is 0 Å². The van der Waals surface area contributed by atoms with Crippen LogP contribution in [0, 0.1) is 0 Å². The maximum absolute atomic E-state index is 4.45. The molecular weight excluding hydrogens is 301 g/mol. The number of halogens is 2. The number of aliphatic imine (C=N–C) groups is 2. The predicted molar refractivity (Wildman–Crippen MR) is 60.5 cm³/mol. The Morgan fingerprint density at radius 3 is 1.59 bits per heavy atom. The third kappa shape index (κ3) is 6.18. The molecule has 0 aromatic carbocycles. The Morgan fingerprint density at radius 1 is 0.941 bits per heavy atom. The molecule has 0 aliphatic rings. The molecule has 0 amide bonds. The molecule has 0 fully saturated rings. The molecule has 17 heavy (non-hydrogen) atoms. The Kier molecular flexibility index (Phi) is 13.8. The second-order valence-electron chi connectivity index (χ2n) is 3.03. The Morgan fingerprint density at radius 2 is 1.29 bits per heavy atom. The fourth-order valence-electron chi connectivity index (χ4n) is 1.07. The molecule has 0 bridgehead atoms. The van der Waals surface area contributed by atoms with Crippen molar-refractivity contribution in [1.82, 2.24) is 4.98 Å². The second kappa shape index (κ2) is 10.7. The van der Waals surface area contributed by atoms with Crippen LogP contribution >= 0.6 is 0 Å². The predicted octanol–water partition coefficient (Wildman–Crippen LogP) is -4.04. The SMILES string of the molecule is CN=C(C)c1cccc(C(C)=NC)n1.[Cl-].[Cl-].[Fe+2]. The van der Waals surface area contributed by atoms with Gasteiger partial charge < -0.3 is 24.8 Å². The topological polar surface area (TPSA) is 37.6 Å². The van der Waals surface area contributed by atoms with Crippen molar-refractivity contribution in [3.63, 3.8) is 0 Å². The summed E-state index contributed by atoms with van der Waals surface area (Å²) in [5.41, 5.74) is 3.70. The van der Waals surface area contributed by atoms with Gasteiger partial charge in [0.1, 0.15) is 0 Å². The van der Waals surface area contributed by atoms with Crippen LogP contribution in [0.4, 0.5) is 0 Å². The van der Waals surface area contributed by atoms with E-state index in [0.717, 1.165) is 22.8 Å². The van der Waals surface area contributed by atoms with Gasteiger partial charge in [-0.3, -0.25) is 9.98 Å². The normalized spacial score (nSPS) is 10.8. The van der Waals surface area contributed by atoms with E-state index in [4.69, 9.17) is 0 Å². The molecule has 0 atom stereocenters. The molecule has 0 aliphatic heterocycles. The number of hydrogen-bond donors (Lipinski definition) is 0. The van der Waals surface area contributed by atoms with Gasteiger partial charge in [-0.05, 0) is 26.0 Å². The first-order chi connectivity index (χ1) is 6.69. The Hall–Kier alpha value is -0.411. The van der Waals surface area contributed by atoms with Gasteiger partial charge in [0.25, 0.3) is 0 Å². The number of aromatic nitrogens is 1. The molecule has 0 saturated heterocycles. The minimum Gasteiger partial charge on any atom is -1.00 e. The molecule has 0 radical (unpaired) electrons. The number of rotatable bonds is 2. The molecule has 0 unspecified atom stereocenters. The fraction of sp³-hybridized carbons (Fsp3) is 0.364. The van der Waals surface area contributed by atoms with Gasteiger partial charge in [0.15, 0.2) is 0 Å². The summed E-state index contributed by atoms with van der Waals surface area (Å²) in [4.78, 5) is 12.7. The summed E-state index contributed by atoms with van der Waals surface area (Å²) in [5, 5.41) is 0. The molecule has 0 aliphatic carbocycles. The summed E-state index contributed by atoms with van der Waals surface area (Å²) in [7, 11) is 3.54. The van der Waals surface area contributed by atoms with Gasteiger partial charge in [0.05, 0.1) is 22.8 Å². The molecule has 1 aromatic heterocycles. The van der Waals surface area contributed by atoms with Crippen LogP contribution in [0.25, 0.3) is 0 Å². The Labute approximate surface area is 126 Å². The van der Waals surface area contributed by atoms with E-state index in [2.05, 4.69) is 15.0 Å². The minimum atomic E-state index is 0. The third-order valence-corrected chi connectivity index (χ3v) is 2.16. The van der Waals surface area contributed by atoms with Gasteiger partial charge in [0.2, 0.25) is 0 Å². The van der Waals surface area contributed by atoms with Crippen molar-refractivity contribution < 1.29 is 41.9 Å². The van der Waals surface area contributed by atoms with Crippen molar-refractivity contribution in [2.24, 2.45) is 9.98 Å². The average Bonchev–Trinajstić information content (AvgIpc) is 2.27. The van der Waals surface area contributed by atoms with E-state index in [-0.39, 0.29) is 41.9 Å². The van der Waals surface area contributed by atoms with Crippen molar-refractivity contribution in [1.29, 1.82) is 0 Å². The van der Waals surface area contributed by atoms with E-state index in [9.17, 15) is 0 Å². The van der Waals surface area contributed by atoms with Crippen LogP contribution < -0.4 is 24.8 Å². The molecule has 0 N–H and O–H groups in total. The smallest absolute Gasteiger partial charge is 1.00 e. The van der Waals surface area contributed by atoms with Gasteiger partial charge >= 0.3 is 17.1 Å². The van der Waals surface area contributed by atoms with E-state index in [1.165, 1.54) is 0 Å². The number of hydrogen-bond acceptors (Lipinski definition) is 3. The van der Waals surface area contributed by atoms with E-state index >= 15 is 0 Å². The molecule has 6 heteroatoms. The van der Waals surface area contributed by atoms with E-state index < -0.39 is 0 Å². The fourth-order valence-corrected chi connectivity index (χ4v) is 1.07. The van der Waals surface area contributed by atoms with Crippen LogP contribution in [0.1, 0.15) is 25.2 Å². The van der Waals surface area contributed by atoms with Crippen LogP contribution in [0.5, 0.6) is 0 Å². The molecule has 1 aromatic rings. The summed E-state index contributed by atoms with van der Waals surface area (Å²) < 4.78 is 0. The van der Waals surface area contributed by atoms with Gasteiger partial charge in [-0.1, -0.05) is 6.07 Å². The largest absolute Gasteiger partial charge is 2.00 e. The van der Waals surface area contributed by atoms with Gasteiger partial charge in [-0.15, -0.1) is 0 Å². The van der Waals surface area contributed by atoms with E-state index in [1.807, 2.05) is 32.0 Å². The standard InChI is InChI=1S/C11H15N3.2ClH.Fe/c1-8(12-3)10-6-5-7-11(14-10)9(2)13-4;;;/h5-7H,1-4H3;2*1H;/q;;;+2/p-2. The summed E-state index contributed by atoms with van der Waals surface area (Å²) in [6, 6.07) is 5.88. The van der Waals surface area contributed by atoms with Crippen LogP contribution in [-0.2, 0) is 17.1 Å². The number of pyridine rings is 1. The summed E-state index contributed by atoms with van der Waals surface area (Å²) >= 11 is 0. The second-order valence-corrected chi connectivity index (χ2v) is 3.03. The first-order valence-corrected chi connectivity index (χ1v) is 4.53. The van der Waals surface area contributed by atoms with Crippen LogP contribution in [0.15, 0.2) is 28.2 Å². The van der Waals surface area contributed by atoms with E-state index in [1.54, 1.807) is 14.1 Å². The average molecular weight is 316 g/mol. The van der Waals surface area contributed by atoms with Crippen molar-refractivity contribution in [3.05, 3.63) is 29.6 Å².